The largest absolute Gasteiger partial charge is 0.433 e. The van der Waals surface area contributed by atoms with Gasteiger partial charge in [0.15, 0.2) is 17.0 Å². The second kappa shape index (κ2) is 9.03. The molecule has 0 aliphatic carbocycles. The molecule has 37 heavy (non-hydrogen) atoms. The van der Waals surface area contributed by atoms with Gasteiger partial charge in [0, 0.05) is 12.3 Å². The summed E-state index contributed by atoms with van der Waals surface area (Å²) in [6.45, 7) is -0.00147. The van der Waals surface area contributed by atoms with E-state index in [2.05, 4.69) is 20.5 Å². The maximum atomic E-state index is 13.7. The fraction of sp³-hybridized carbons (Fsp3) is 0.130. The number of amides is 1. The number of alkyl halides is 6. The summed E-state index contributed by atoms with van der Waals surface area (Å²) in [5.41, 5.74) is -1.76. The lowest BCUT2D eigenvalue weighted by atomic mass is 10.1. The van der Waals surface area contributed by atoms with E-state index in [4.69, 9.17) is 0 Å². The van der Waals surface area contributed by atoms with Crippen LogP contribution in [0.15, 0.2) is 66.3 Å². The maximum Gasteiger partial charge on any atom is 0.433 e. The molecule has 0 spiro atoms. The summed E-state index contributed by atoms with van der Waals surface area (Å²) < 4.78 is 81.8. The number of halogens is 6. The normalized spacial score (nSPS) is 12.3. The van der Waals surface area contributed by atoms with Crippen LogP contribution in [0, 0.1) is 0 Å². The lowest BCUT2D eigenvalue weighted by Gasteiger charge is -2.10. The number of fused-ring (bicyclic) bond motifs is 1. The molecule has 0 aliphatic rings. The predicted octanol–water partition coefficient (Wildman–Crippen LogP) is 5.99. The Morgan fingerprint density at radius 1 is 1.00 bits per heavy atom. The topological polar surface area (TPSA) is 77.1 Å². The van der Waals surface area contributed by atoms with Gasteiger partial charge in [-0.25, -0.2) is 9.50 Å². The van der Waals surface area contributed by atoms with Crippen molar-refractivity contribution in [1.82, 2.24) is 24.4 Å². The maximum absolute atomic E-state index is 13.7. The number of nitrogens with zero attached hydrogens (tertiary/aromatic N) is 5. The third-order valence-corrected chi connectivity index (χ3v) is 6.11. The number of nitrogens with one attached hydrogen (secondary N) is 1. The van der Waals surface area contributed by atoms with E-state index in [1.807, 2.05) is 0 Å². The Kier molecular flexibility index (Phi) is 5.98. The van der Waals surface area contributed by atoms with Gasteiger partial charge in [-0.05, 0) is 35.2 Å². The van der Waals surface area contributed by atoms with Gasteiger partial charge in [-0.2, -0.15) is 36.5 Å². The van der Waals surface area contributed by atoms with Crippen LogP contribution < -0.4 is 5.32 Å². The predicted molar refractivity (Wildman–Crippen MR) is 122 cm³/mol. The van der Waals surface area contributed by atoms with Crippen molar-refractivity contribution in [2.75, 3.05) is 5.32 Å². The van der Waals surface area contributed by atoms with E-state index in [-0.39, 0.29) is 29.3 Å². The second-order valence-electron chi connectivity index (χ2n) is 7.88. The number of hydrogen-bond donors (Lipinski definition) is 1. The molecular formula is C23H14F6N6OS. The van der Waals surface area contributed by atoms with Crippen LogP contribution in [-0.2, 0) is 18.9 Å². The average molecular weight is 536 g/mol. The minimum absolute atomic E-state index is 0.00147. The van der Waals surface area contributed by atoms with Crippen molar-refractivity contribution in [1.29, 1.82) is 0 Å². The minimum Gasteiger partial charge on any atom is -0.318 e. The molecular weight excluding hydrogens is 522 g/mol. The first-order chi connectivity index (χ1) is 17.5. The molecule has 1 N–H and O–H groups in total. The molecule has 0 aliphatic heterocycles. The van der Waals surface area contributed by atoms with Crippen LogP contribution in [0.4, 0.5) is 32.0 Å². The number of rotatable bonds is 5. The van der Waals surface area contributed by atoms with Crippen molar-refractivity contribution in [3.05, 3.63) is 88.8 Å². The molecule has 14 heteroatoms. The van der Waals surface area contributed by atoms with Crippen LogP contribution in [0.1, 0.15) is 27.3 Å². The molecule has 0 radical (unpaired) electrons. The molecule has 7 nitrogen and oxygen atoms in total. The van der Waals surface area contributed by atoms with Crippen LogP contribution in [0.25, 0.3) is 16.2 Å². The highest BCUT2D eigenvalue weighted by atomic mass is 32.1. The van der Waals surface area contributed by atoms with Crippen LogP contribution in [0.5, 0.6) is 0 Å². The molecule has 1 amide bonds. The Bertz CT molecular complexity index is 1590. The van der Waals surface area contributed by atoms with Crippen molar-refractivity contribution < 1.29 is 31.1 Å². The third-order valence-electron chi connectivity index (χ3n) is 5.21. The standard InChI is InChI=1S/C23H14F6N6OS/c24-22(25,26)14-4-1-3-13(7-14)11-34-12-15(10-30-34)31-21(36)17-9-20-32-16(18-5-2-6-37-18)8-19(23(27,28)29)35(20)33-17/h1-10,12H,11H2,(H,31,36). The fourth-order valence-corrected chi connectivity index (χ4v) is 4.27. The molecule has 0 bridgehead atoms. The van der Waals surface area contributed by atoms with Gasteiger partial charge < -0.3 is 5.32 Å². The molecule has 0 unspecified atom stereocenters. The summed E-state index contributed by atoms with van der Waals surface area (Å²) in [4.78, 5) is 17.5. The SMILES string of the molecule is O=C(Nc1cnn(Cc2cccc(C(F)(F)F)c2)c1)c1cc2nc(-c3cccs3)cc(C(F)(F)F)n2n1. The molecule has 0 saturated heterocycles. The number of thiophene rings is 1. The molecule has 0 atom stereocenters. The molecule has 190 valence electrons. The fourth-order valence-electron chi connectivity index (χ4n) is 3.58. The molecule has 1 aromatic carbocycles. The average Bonchev–Trinajstić information content (AvgIpc) is 3.58. The molecule has 4 heterocycles. The monoisotopic (exact) mass is 536 g/mol. The number of aromatic nitrogens is 5. The van der Waals surface area contributed by atoms with Gasteiger partial charge in [0.1, 0.15) is 0 Å². The molecule has 0 fully saturated rings. The molecule has 5 aromatic rings. The zero-order valence-electron chi connectivity index (χ0n) is 18.4. The Balaban J connectivity index is 1.38. The van der Waals surface area contributed by atoms with E-state index in [1.54, 1.807) is 17.5 Å². The number of carbonyl (C=O) groups is 1. The minimum atomic E-state index is -4.75. The van der Waals surface area contributed by atoms with Crippen molar-refractivity contribution in [2.45, 2.75) is 18.9 Å². The summed E-state index contributed by atoms with van der Waals surface area (Å²) in [6.07, 6.45) is -6.60. The van der Waals surface area contributed by atoms with Crippen LogP contribution in [0.2, 0.25) is 0 Å². The van der Waals surface area contributed by atoms with Crippen molar-refractivity contribution >= 4 is 28.6 Å². The summed E-state index contributed by atoms with van der Waals surface area (Å²) in [6, 6.07) is 10.0. The van der Waals surface area contributed by atoms with E-state index >= 15 is 0 Å². The zero-order valence-corrected chi connectivity index (χ0v) is 19.2. The first-order valence-electron chi connectivity index (χ1n) is 10.5. The molecule has 4 aromatic heterocycles. The molecule has 5 rings (SSSR count). The lowest BCUT2D eigenvalue weighted by molar-refractivity contribution is -0.142. The van der Waals surface area contributed by atoms with E-state index in [9.17, 15) is 31.1 Å². The first-order valence-corrected chi connectivity index (χ1v) is 11.4. The smallest absolute Gasteiger partial charge is 0.318 e. The van der Waals surface area contributed by atoms with Crippen molar-refractivity contribution in [3.63, 3.8) is 0 Å². The summed E-state index contributed by atoms with van der Waals surface area (Å²) >= 11 is 1.22. The van der Waals surface area contributed by atoms with Gasteiger partial charge in [0.25, 0.3) is 5.91 Å². The van der Waals surface area contributed by atoms with E-state index < -0.39 is 29.5 Å². The Labute approximate surface area is 208 Å². The number of hydrogen-bond acceptors (Lipinski definition) is 5. The molecule has 0 saturated carbocycles. The van der Waals surface area contributed by atoms with Gasteiger partial charge in [-0.15, -0.1) is 11.3 Å². The van der Waals surface area contributed by atoms with Gasteiger partial charge in [0.2, 0.25) is 0 Å². The van der Waals surface area contributed by atoms with Gasteiger partial charge in [0.05, 0.1) is 34.6 Å². The number of anilines is 1. The van der Waals surface area contributed by atoms with Gasteiger partial charge in [-0.3, -0.25) is 9.48 Å². The van der Waals surface area contributed by atoms with Crippen LogP contribution in [0.3, 0.4) is 0 Å². The van der Waals surface area contributed by atoms with Crippen LogP contribution in [-0.4, -0.2) is 30.3 Å². The summed E-state index contributed by atoms with van der Waals surface area (Å²) in [5.74, 6) is -0.810. The van der Waals surface area contributed by atoms with Crippen LogP contribution >= 0.6 is 11.3 Å². The highest BCUT2D eigenvalue weighted by Gasteiger charge is 2.36. The number of benzene rings is 1. The van der Waals surface area contributed by atoms with Crippen molar-refractivity contribution in [3.8, 4) is 10.6 Å². The summed E-state index contributed by atoms with van der Waals surface area (Å²) in [5, 5.41) is 12.0. The Hall–Kier alpha value is -4.20. The van der Waals surface area contributed by atoms with Gasteiger partial charge >= 0.3 is 12.4 Å². The first kappa shape index (κ1) is 24.5. The highest BCUT2D eigenvalue weighted by molar-refractivity contribution is 7.13. The second-order valence-corrected chi connectivity index (χ2v) is 8.83. The third kappa shape index (κ3) is 5.18. The Morgan fingerprint density at radius 3 is 2.51 bits per heavy atom. The van der Waals surface area contributed by atoms with Crippen molar-refractivity contribution in [2.24, 2.45) is 0 Å². The van der Waals surface area contributed by atoms with E-state index in [0.717, 1.165) is 24.3 Å². The van der Waals surface area contributed by atoms with E-state index in [0.29, 0.717) is 15.0 Å². The number of carbonyl (C=O) groups excluding carboxylic acids is 1. The van der Waals surface area contributed by atoms with E-state index in [1.165, 1.54) is 40.5 Å². The lowest BCUT2D eigenvalue weighted by Crippen LogP contribution is -2.15. The summed E-state index contributed by atoms with van der Waals surface area (Å²) in [7, 11) is 0. The van der Waals surface area contributed by atoms with Gasteiger partial charge in [-0.1, -0.05) is 18.2 Å². The Morgan fingerprint density at radius 2 is 1.81 bits per heavy atom. The quantitative estimate of drug-likeness (QED) is 0.280. The zero-order chi connectivity index (χ0) is 26.4. The highest BCUT2D eigenvalue weighted by Crippen LogP contribution is 2.33.